The summed E-state index contributed by atoms with van der Waals surface area (Å²) < 4.78 is 0. The smallest absolute Gasteiger partial charge is 0.322 e. The maximum Gasteiger partial charge on any atom is 0.322 e. The summed E-state index contributed by atoms with van der Waals surface area (Å²) in [6, 6.07) is 13.1. The molecule has 0 radical (unpaired) electrons. The van der Waals surface area contributed by atoms with Crippen LogP contribution in [0, 0.1) is 0 Å². The molecule has 0 aromatic heterocycles. The van der Waals surface area contributed by atoms with Gasteiger partial charge < -0.3 is 15.5 Å². The van der Waals surface area contributed by atoms with Gasteiger partial charge in [0.25, 0.3) is 5.91 Å². The summed E-state index contributed by atoms with van der Waals surface area (Å²) in [5.41, 5.74) is 2.72. The average molecular weight is 501 g/mol. The average Bonchev–Trinajstić information content (AvgIpc) is 3.16. The van der Waals surface area contributed by atoms with Crippen molar-refractivity contribution in [3.05, 3.63) is 81.0 Å². The minimum atomic E-state index is -0.721. The first kappa shape index (κ1) is 24.1. The molecule has 0 bridgehead atoms. The highest BCUT2D eigenvalue weighted by molar-refractivity contribution is 6.35. The first-order valence-corrected chi connectivity index (χ1v) is 12.0. The van der Waals surface area contributed by atoms with Gasteiger partial charge >= 0.3 is 6.03 Å². The molecule has 4 rings (SSSR count). The van der Waals surface area contributed by atoms with Gasteiger partial charge in [0.2, 0.25) is 5.91 Å². The van der Waals surface area contributed by atoms with Crippen LogP contribution in [0.2, 0.25) is 10.0 Å². The van der Waals surface area contributed by atoms with Crippen molar-refractivity contribution >= 4 is 41.0 Å². The van der Waals surface area contributed by atoms with E-state index in [2.05, 4.69) is 10.6 Å². The molecule has 2 N–H and O–H groups in total. The van der Waals surface area contributed by atoms with Crippen LogP contribution in [-0.4, -0.2) is 53.3 Å². The van der Waals surface area contributed by atoms with Crippen molar-refractivity contribution in [2.24, 2.45) is 0 Å². The molecule has 34 heavy (non-hydrogen) atoms. The Kier molecular flexibility index (Phi) is 7.14. The zero-order chi connectivity index (χ0) is 24.4. The molecule has 178 valence electrons. The molecule has 0 unspecified atom stereocenters. The van der Waals surface area contributed by atoms with Gasteiger partial charge in [-0.3, -0.25) is 14.5 Å². The highest BCUT2D eigenvalue weighted by Crippen LogP contribution is 2.39. The molecule has 2 aliphatic rings. The van der Waals surface area contributed by atoms with Crippen molar-refractivity contribution in [1.29, 1.82) is 0 Å². The summed E-state index contributed by atoms with van der Waals surface area (Å²) in [7, 11) is 0. The summed E-state index contributed by atoms with van der Waals surface area (Å²) in [5.74, 6) is -0.539. The van der Waals surface area contributed by atoms with Crippen LogP contribution in [0.4, 0.5) is 4.79 Å². The summed E-state index contributed by atoms with van der Waals surface area (Å²) in [6.07, 6.45) is 0.696. The van der Waals surface area contributed by atoms with Gasteiger partial charge in [-0.1, -0.05) is 59.6 Å². The zero-order valence-corrected chi connectivity index (χ0v) is 20.5. The molecule has 2 aromatic rings. The minimum absolute atomic E-state index is 0.171. The Labute approximate surface area is 208 Å². The third kappa shape index (κ3) is 4.63. The second-order valence-corrected chi connectivity index (χ2v) is 9.13. The van der Waals surface area contributed by atoms with E-state index >= 15 is 0 Å². The Bertz CT molecular complexity index is 1150. The van der Waals surface area contributed by atoms with Crippen molar-refractivity contribution in [3.8, 4) is 0 Å². The van der Waals surface area contributed by atoms with Crippen LogP contribution in [0.25, 0.3) is 0 Å². The fourth-order valence-electron chi connectivity index (χ4n) is 4.39. The van der Waals surface area contributed by atoms with Crippen LogP contribution in [0.5, 0.6) is 0 Å². The lowest BCUT2D eigenvalue weighted by atomic mass is 9.95. The predicted molar refractivity (Wildman–Crippen MR) is 131 cm³/mol. The quantitative estimate of drug-likeness (QED) is 0.604. The highest BCUT2D eigenvalue weighted by Gasteiger charge is 2.46. The van der Waals surface area contributed by atoms with Crippen molar-refractivity contribution in [1.82, 2.24) is 20.4 Å². The fraction of sp³-hybridized carbons (Fsp3) is 0.320. The van der Waals surface area contributed by atoms with Gasteiger partial charge in [0.1, 0.15) is 6.04 Å². The van der Waals surface area contributed by atoms with E-state index in [-0.39, 0.29) is 24.4 Å². The maximum atomic E-state index is 13.6. The second-order valence-electron chi connectivity index (χ2n) is 8.29. The van der Waals surface area contributed by atoms with Gasteiger partial charge in [0, 0.05) is 23.1 Å². The largest absolute Gasteiger partial charge is 0.354 e. The van der Waals surface area contributed by atoms with E-state index in [0.29, 0.717) is 46.4 Å². The molecule has 0 aliphatic carbocycles. The van der Waals surface area contributed by atoms with E-state index in [4.69, 9.17) is 23.2 Å². The van der Waals surface area contributed by atoms with Crippen LogP contribution in [0.3, 0.4) is 0 Å². The fourth-order valence-corrected chi connectivity index (χ4v) is 4.91. The van der Waals surface area contributed by atoms with Crippen LogP contribution < -0.4 is 10.6 Å². The summed E-state index contributed by atoms with van der Waals surface area (Å²) >= 11 is 12.5. The number of halogens is 2. The number of rotatable bonds is 7. The number of hydrogen-bond donors (Lipinski definition) is 2. The molecule has 0 spiro atoms. The maximum absolute atomic E-state index is 13.6. The number of nitrogens with zero attached hydrogens (tertiary/aromatic N) is 2. The molecule has 9 heteroatoms. The van der Waals surface area contributed by atoms with Crippen molar-refractivity contribution in [3.63, 3.8) is 0 Å². The SMILES string of the molecule is CCN1C(=O)N[C@H](c2ccc(Cl)cc2Cl)C2=C1CN([C@H](C)C(=O)NCCc1ccccc1)C2=O. The minimum Gasteiger partial charge on any atom is -0.354 e. The molecule has 0 saturated carbocycles. The number of urea groups is 1. The van der Waals surface area contributed by atoms with Crippen molar-refractivity contribution < 1.29 is 14.4 Å². The predicted octanol–water partition coefficient (Wildman–Crippen LogP) is 3.92. The third-order valence-corrected chi connectivity index (χ3v) is 6.80. The molecule has 2 atom stereocenters. The molecule has 7 nitrogen and oxygen atoms in total. The second kappa shape index (κ2) is 10.1. The van der Waals surface area contributed by atoms with Crippen LogP contribution in [-0.2, 0) is 16.0 Å². The first-order valence-electron chi connectivity index (χ1n) is 11.2. The Morgan fingerprint density at radius 3 is 2.59 bits per heavy atom. The van der Waals surface area contributed by atoms with Gasteiger partial charge in [-0.2, -0.15) is 0 Å². The van der Waals surface area contributed by atoms with Gasteiger partial charge in [-0.05, 0) is 43.5 Å². The van der Waals surface area contributed by atoms with Gasteiger partial charge in [0.15, 0.2) is 0 Å². The molecular formula is C25H26Cl2N4O3. The number of nitrogens with one attached hydrogen (secondary N) is 2. The van der Waals surface area contributed by atoms with Crippen LogP contribution >= 0.6 is 23.2 Å². The lowest BCUT2D eigenvalue weighted by Crippen LogP contribution is -2.47. The molecule has 2 heterocycles. The molecule has 0 fully saturated rings. The Hall–Kier alpha value is -3.03. The van der Waals surface area contributed by atoms with E-state index < -0.39 is 12.1 Å². The number of amides is 4. The Morgan fingerprint density at radius 1 is 1.18 bits per heavy atom. The monoisotopic (exact) mass is 500 g/mol. The lowest BCUT2D eigenvalue weighted by Gasteiger charge is -2.33. The van der Waals surface area contributed by atoms with Crippen LogP contribution in [0.15, 0.2) is 59.8 Å². The molecular weight excluding hydrogens is 475 g/mol. The third-order valence-electron chi connectivity index (χ3n) is 6.24. The number of carbonyl (C=O) groups excluding carboxylic acids is 3. The van der Waals surface area contributed by atoms with E-state index in [0.717, 1.165) is 5.56 Å². The normalized spacial score (nSPS) is 18.6. The Morgan fingerprint density at radius 2 is 1.91 bits per heavy atom. The zero-order valence-electron chi connectivity index (χ0n) is 19.0. The van der Waals surface area contributed by atoms with Gasteiger partial charge in [-0.25, -0.2) is 4.79 Å². The van der Waals surface area contributed by atoms with E-state index in [1.807, 2.05) is 37.3 Å². The lowest BCUT2D eigenvalue weighted by molar-refractivity contribution is -0.135. The number of likely N-dealkylation sites (N-methyl/N-ethyl adjacent to an activating group) is 1. The van der Waals surface area contributed by atoms with Crippen molar-refractivity contribution in [2.45, 2.75) is 32.4 Å². The number of carbonyl (C=O) groups is 3. The van der Waals surface area contributed by atoms with E-state index in [1.165, 1.54) is 9.80 Å². The molecule has 0 saturated heterocycles. The molecule has 2 aliphatic heterocycles. The first-order chi connectivity index (χ1) is 16.3. The van der Waals surface area contributed by atoms with Gasteiger partial charge in [0.05, 0.1) is 23.9 Å². The van der Waals surface area contributed by atoms with E-state index in [9.17, 15) is 14.4 Å². The van der Waals surface area contributed by atoms with Gasteiger partial charge in [-0.15, -0.1) is 0 Å². The summed E-state index contributed by atoms with van der Waals surface area (Å²) in [6.45, 7) is 4.57. The number of benzene rings is 2. The molecule has 4 amide bonds. The van der Waals surface area contributed by atoms with E-state index in [1.54, 1.807) is 25.1 Å². The standard InChI is InChI=1S/C25H26Cl2N4O3/c1-3-30-20-14-31(15(2)23(32)28-12-11-16-7-5-4-6-8-16)24(33)21(20)22(29-25(30)34)18-10-9-17(26)13-19(18)27/h4-10,13,15,22H,3,11-12,14H2,1-2H3,(H,28,32)(H,29,34)/t15-,22-/m1/s1. The molecule has 2 aromatic carbocycles. The highest BCUT2D eigenvalue weighted by atomic mass is 35.5. The summed E-state index contributed by atoms with van der Waals surface area (Å²) in [5, 5.41) is 6.62. The Balaban J connectivity index is 1.53. The topological polar surface area (TPSA) is 81.8 Å². The number of hydrogen-bond acceptors (Lipinski definition) is 3. The van der Waals surface area contributed by atoms with Crippen molar-refractivity contribution in [2.75, 3.05) is 19.6 Å². The van der Waals surface area contributed by atoms with Crippen LogP contribution in [0.1, 0.15) is 31.0 Å². The summed E-state index contributed by atoms with van der Waals surface area (Å²) in [4.78, 5) is 42.3.